The van der Waals surface area contributed by atoms with Crippen molar-refractivity contribution in [1.82, 2.24) is 0 Å². The van der Waals surface area contributed by atoms with Crippen molar-refractivity contribution in [2.45, 2.75) is 6.10 Å². The third kappa shape index (κ3) is 2.60. The Morgan fingerprint density at radius 3 is 2.56 bits per heavy atom. The number of aliphatic hydroxyl groups excluding tert-OH is 1. The molecule has 5 heteroatoms. The number of thiophene rings is 1. The first-order valence-electron chi connectivity index (χ1n) is 4.45. The largest absolute Gasteiger partial charge is 0.383 e. The lowest BCUT2D eigenvalue weighted by Crippen LogP contribution is -1.97. The van der Waals surface area contributed by atoms with Crippen LogP contribution in [0.15, 0.2) is 34.1 Å². The van der Waals surface area contributed by atoms with Gasteiger partial charge < -0.3 is 5.11 Å². The van der Waals surface area contributed by atoms with Crippen molar-refractivity contribution >= 4 is 50.5 Å². The molecule has 1 nitrogen and oxygen atoms in total. The molecule has 0 fully saturated rings. The van der Waals surface area contributed by atoms with Gasteiger partial charge in [-0.05, 0) is 35.2 Å². The van der Waals surface area contributed by atoms with Crippen LogP contribution in [0.2, 0.25) is 10.0 Å². The molecule has 0 saturated carbocycles. The molecule has 1 aromatic heterocycles. The third-order valence-electron chi connectivity index (χ3n) is 2.09. The molecule has 1 unspecified atom stereocenters. The minimum Gasteiger partial charge on any atom is -0.383 e. The van der Waals surface area contributed by atoms with Crippen molar-refractivity contribution in [3.05, 3.63) is 54.6 Å². The number of rotatable bonds is 2. The number of halogens is 3. The minimum absolute atomic E-state index is 0.577. The van der Waals surface area contributed by atoms with Crippen LogP contribution in [0.1, 0.15) is 16.5 Å². The van der Waals surface area contributed by atoms with Crippen LogP contribution in [0.4, 0.5) is 0 Å². The molecule has 2 aromatic rings. The molecule has 84 valence electrons. The van der Waals surface area contributed by atoms with Gasteiger partial charge in [-0.2, -0.15) is 0 Å². The SMILES string of the molecule is OC(c1cc(Cl)cc(Br)c1)c1sccc1Cl. The standard InChI is InChI=1S/C11H7BrCl2OS/c12-7-3-6(4-8(13)5-7)10(15)11-9(14)1-2-16-11/h1-5,10,15H. The molecule has 16 heavy (non-hydrogen) atoms. The molecule has 0 amide bonds. The molecular weight excluding hydrogens is 331 g/mol. The molecule has 1 N–H and O–H groups in total. The minimum atomic E-state index is -0.734. The summed E-state index contributed by atoms with van der Waals surface area (Å²) in [5.41, 5.74) is 0.726. The van der Waals surface area contributed by atoms with E-state index in [9.17, 15) is 5.11 Å². The second-order valence-electron chi connectivity index (χ2n) is 3.24. The van der Waals surface area contributed by atoms with Gasteiger partial charge in [0.15, 0.2) is 0 Å². The van der Waals surface area contributed by atoms with Crippen LogP contribution >= 0.6 is 50.5 Å². The fourth-order valence-corrected chi connectivity index (χ4v) is 3.44. The van der Waals surface area contributed by atoms with Gasteiger partial charge in [-0.25, -0.2) is 0 Å². The van der Waals surface area contributed by atoms with E-state index < -0.39 is 6.10 Å². The highest BCUT2D eigenvalue weighted by molar-refractivity contribution is 9.10. The van der Waals surface area contributed by atoms with Gasteiger partial charge in [-0.15, -0.1) is 11.3 Å². The van der Waals surface area contributed by atoms with Crippen LogP contribution in [-0.4, -0.2) is 5.11 Å². The first-order chi connectivity index (χ1) is 7.58. The molecule has 1 aromatic carbocycles. The second-order valence-corrected chi connectivity index (χ2v) is 5.95. The highest BCUT2D eigenvalue weighted by Crippen LogP contribution is 2.34. The van der Waals surface area contributed by atoms with Gasteiger partial charge in [0.25, 0.3) is 0 Å². The molecule has 0 aliphatic heterocycles. The number of hydrogen-bond donors (Lipinski definition) is 1. The van der Waals surface area contributed by atoms with E-state index in [4.69, 9.17) is 23.2 Å². The Morgan fingerprint density at radius 1 is 1.25 bits per heavy atom. The fourth-order valence-electron chi connectivity index (χ4n) is 1.38. The van der Waals surface area contributed by atoms with Gasteiger partial charge in [-0.1, -0.05) is 39.1 Å². The zero-order valence-electron chi connectivity index (χ0n) is 7.95. The van der Waals surface area contributed by atoms with Crippen LogP contribution in [0.25, 0.3) is 0 Å². The van der Waals surface area contributed by atoms with Crippen molar-refractivity contribution < 1.29 is 5.11 Å². The lowest BCUT2D eigenvalue weighted by atomic mass is 10.1. The molecule has 1 atom stereocenters. The summed E-state index contributed by atoms with van der Waals surface area (Å²) in [5, 5.41) is 13.2. The summed E-state index contributed by atoms with van der Waals surface area (Å²) in [6.07, 6.45) is -0.734. The van der Waals surface area contributed by atoms with Crippen LogP contribution in [0.5, 0.6) is 0 Å². The quantitative estimate of drug-likeness (QED) is 0.826. The van der Waals surface area contributed by atoms with E-state index in [0.29, 0.717) is 10.0 Å². The van der Waals surface area contributed by atoms with Crippen molar-refractivity contribution in [2.75, 3.05) is 0 Å². The van der Waals surface area contributed by atoms with Gasteiger partial charge in [-0.3, -0.25) is 0 Å². The van der Waals surface area contributed by atoms with Crippen LogP contribution in [0.3, 0.4) is 0 Å². The van der Waals surface area contributed by atoms with Gasteiger partial charge in [0, 0.05) is 9.50 Å². The maximum absolute atomic E-state index is 10.2. The molecule has 0 bridgehead atoms. The molecule has 2 rings (SSSR count). The molecule has 0 saturated heterocycles. The van der Waals surface area contributed by atoms with Crippen molar-refractivity contribution in [3.8, 4) is 0 Å². The zero-order chi connectivity index (χ0) is 11.7. The maximum Gasteiger partial charge on any atom is 0.115 e. The second kappa shape index (κ2) is 5.07. The Kier molecular flexibility index (Phi) is 3.93. The van der Waals surface area contributed by atoms with Crippen LogP contribution < -0.4 is 0 Å². The summed E-state index contributed by atoms with van der Waals surface area (Å²) in [7, 11) is 0. The van der Waals surface area contributed by atoms with Crippen molar-refractivity contribution in [2.24, 2.45) is 0 Å². The Balaban J connectivity index is 2.41. The number of benzene rings is 1. The smallest absolute Gasteiger partial charge is 0.115 e. The van der Waals surface area contributed by atoms with Gasteiger partial charge in [0.1, 0.15) is 6.10 Å². The van der Waals surface area contributed by atoms with Crippen molar-refractivity contribution in [3.63, 3.8) is 0 Å². The lowest BCUT2D eigenvalue weighted by molar-refractivity contribution is 0.224. The zero-order valence-corrected chi connectivity index (χ0v) is 11.9. The summed E-state index contributed by atoms with van der Waals surface area (Å²) in [5.74, 6) is 0. The van der Waals surface area contributed by atoms with Gasteiger partial charge in [0.05, 0.1) is 9.90 Å². The predicted octanol–water partition coefficient (Wildman–Crippen LogP) is 4.90. The average Bonchev–Trinajstić information content (AvgIpc) is 2.62. The first kappa shape index (κ1) is 12.4. The third-order valence-corrected chi connectivity index (χ3v) is 4.18. The van der Waals surface area contributed by atoms with E-state index in [1.807, 2.05) is 11.4 Å². The lowest BCUT2D eigenvalue weighted by Gasteiger charge is -2.10. The Morgan fingerprint density at radius 2 is 2.00 bits per heavy atom. The summed E-state index contributed by atoms with van der Waals surface area (Å²) in [6.45, 7) is 0. The molecule has 0 spiro atoms. The predicted molar refractivity (Wildman–Crippen MR) is 72.5 cm³/mol. The Hall–Kier alpha value is -0.0600. The fraction of sp³-hybridized carbons (Fsp3) is 0.0909. The summed E-state index contributed by atoms with van der Waals surface area (Å²) in [4.78, 5) is 0.732. The molecule has 0 aliphatic carbocycles. The molecule has 0 aliphatic rings. The number of aliphatic hydroxyl groups is 1. The van der Waals surface area contributed by atoms with E-state index in [2.05, 4.69) is 15.9 Å². The normalized spacial score (nSPS) is 12.8. The summed E-state index contributed by atoms with van der Waals surface area (Å²) >= 11 is 16.7. The van der Waals surface area contributed by atoms with E-state index in [1.165, 1.54) is 11.3 Å². The van der Waals surface area contributed by atoms with Crippen molar-refractivity contribution in [1.29, 1.82) is 0 Å². The van der Waals surface area contributed by atoms with E-state index in [0.717, 1.165) is 14.9 Å². The topological polar surface area (TPSA) is 20.2 Å². The Labute approximate surface area is 116 Å². The summed E-state index contributed by atoms with van der Waals surface area (Å²) < 4.78 is 0.835. The average molecular weight is 338 g/mol. The van der Waals surface area contributed by atoms with Crippen LogP contribution in [0, 0.1) is 0 Å². The molecule has 1 heterocycles. The van der Waals surface area contributed by atoms with Gasteiger partial charge >= 0.3 is 0 Å². The summed E-state index contributed by atoms with van der Waals surface area (Å²) in [6, 6.07) is 7.10. The monoisotopic (exact) mass is 336 g/mol. The van der Waals surface area contributed by atoms with E-state index in [1.54, 1.807) is 18.2 Å². The number of hydrogen-bond acceptors (Lipinski definition) is 2. The van der Waals surface area contributed by atoms with E-state index in [-0.39, 0.29) is 0 Å². The first-order valence-corrected chi connectivity index (χ1v) is 6.87. The highest BCUT2D eigenvalue weighted by atomic mass is 79.9. The Bertz CT molecular complexity index is 492. The molecule has 0 radical (unpaired) electrons. The molecular formula is C11H7BrCl2OS. The van der Waals surface area contributed by atoms with Crippen LogP contribution in [-0.2, 0) is 0 Å². The highest BCUT2D eigenvalue weighted by Gasteiger charge is 2.16. The van der Waals surface area contributed by atoms with E-state index >= 15 is 0 Å². The van der Waals surface area contributed by atoms with Gasteiger partial charge in [0.2, 0.25) is 0 Å². The maximum atomic E-state index is 10.2.